The number of ether oxygens (including phenoxy) is 4. The number of likely N-dealkylation sites (tertiary alicyclic amines) is 2. The fraction of sp³-hybridized carbons (Fsp3) is 0.585. The van der Waals surface area contributed by atoms with Crippen LogP contribution < -0.4 is 19.6 Å². The van der Waals surface area contributed by atoms with Crippen LogP contribution in [0.3, 0.4) is 0 Å². The predicted octanol–water partition coefficient (Wildman–Crippen LogP) is 5.00. The van der Waals surface area contributed by atoms with E-state index in [2.05, 4.69) is 9.80 Å². The normalized spacial score (nSPS) is 24.6. The second-order valence-corrected chi connectivity index (χ2v) is 14.9. The third kappa shape index (κ3) is 9.01. The highest BCUT2D eigenvalue weighted by atomic mass is 16.7. The van der Waals surface area contributed by atoms with Crippen LogP contribution in [0.1, 0.15) is 71.3 Å². The van der Waals surface area contributed by atoms with Gasteiger partial charge in [-0.15, -0.1) is 0 Å². The van der Waals surface area contributed by atoms with E-state index in [0.29, 0.717) is 35.7 Å². The Bertz CT molecular complexity index is 1760. The number of rotatable bonds is 13. The van der Waals surface area contributed by atoms with Crippen molar-refractivity contribution >= 4 is 11.0 Å². The molecule has 3 aliphatic heterocycles. The van der Waals surface area contributed by atoms with Gasteiger partial charge in [0.15, 0.2) is 5.76 Å². The Kier molecular flexibility index (Phi) is 13.0. The van der Waals surface area contributed by atoms with Gasteiger partial charge in [0.05, 0.1) is 19.8 Å². The molecule has 290 valence electrons. The van der Waals surface area contributed by atoms with Crippen molar-refractivity contribution in [3.05, 3.63) is 57.8 Å². The summed E-state index contributed by atoms with van der Waals surface area (Å²) in [5.41, 5.74) is 1.55. The molecular formula is C41H56N2O10. The number of hydrogen-bond donors (Lipinski definition) is 4. The maximum absolute atomic E-state index is 14.4. The van der Waals surface area contributed by atoms with Crippen LogP contribution in [0.4, 0.5) is 0 Å². The minimum Gasteiger partial charge on any atom is -0.507 e. The van der Waals surface area contributed by atoms with Gasteiger partial charge in [0.25, 0.3) is 0 Å². The number of aliphatic hydroxyl groups is 3. The average molecular weight is 737 g/mol. The number of hydrogen-bond acceptors (Lipinski definition) is 12. The molecule has 0 unspecified atom stereocenters. The van der Waals surface area contributed by atoms with E-state index in [9.17, 15) is 25.2 Å². The van der Waals surface area contributed by atoms with Gasteiger partial charge in [-0.25, -0.2) is 0 Å². The highest BCUT2D eigenvalue weighted by molar-refractivity contribution is 5.91. The number of methoxy groups -OCH3 is 1. The van der Waals surface area contributed by atoms with E-state index < -0.39 is 36.1 Å². The molecule has 4 heterocycles. The highest BCUT2D eigenvalue weighted by Gasteiger charge is 2.44. The summed E-state index contributed by atoms with van der Waals surface area (Å²) >= 11 is 0. The molecule has 0 spiro atoms. The Morgan fingerprint density at radius 2 is 1.68 bits per heavy atom. The molecular weight excluding hydrogens is 680 g/mol. The van der Waals surface area contributed by atoms with Crippen LogP contribution in [-0.2, 0) is 11.2 Å². The Labute approximate surface area is 311 Å². The molecule has 0 radical (unpaired) electrons. The van der Waals surface area contributed by atoms with Crippen molar-refractivity contribution in [3.63, 3.8) is 0 Å². The first-order valence-corrected chi connectivity index (χ1v) is 19.1. The van der Waals surface area contributed by atoms with E-state index in [-0.39, 0.29) is 28.2 Å². The van der Waals surface area contributed by atoms with Crippen LogP contribution in [0.2, 0.25) is 0 Å². The quantitative estimate of drug-likeness (QED) is 0.138. The standard InChI is InChI=1S/C41H56N2O10/c1-25(2)10-15-30-32(50-23-9-8-18-42-21-16-28(17-22-42)43-19-6-5-7-20-43)24-31(44)33-35(46)40(53-41-37(48)36(47)34(45)26(3)51-41)38(52-39(30)33)27-11-13-29(49-4)14-12-27/h10-14,24,26,28,34,36-37,41,44-45,47-48H,5-9,15-23H2,1-4H3/t26-,34-,36+,37+,41-/m1/s1. The van der Waals surface area contributed by atoms with E-state index in [1.807, 2.05) is 19.9 Å². The fourth-order valence-corrected chi connectivity index (χ4v) is 7.67. The second kappa shape index (κ2) is 17.7. The number of allylic oxidation sites excluding steroid dienone is 2. The van der Waals surface area contributed by atoms with Gasteiger partial charge in [-0.1, -0.05) is 18.1 Å². The Morgan fingerprint density at radius 3 is 2.36 bits per heavy atom. The molecule has 3 fully saturated rings. The lowest BCUT2D eigenvalue weighted by atomic mass is 10.00. The first-order chi connectivity index (χ1) is 25.5. The van der Waals surface area contributed by atoms with Crippen LogP contribution in [-0.4, -0.2) is 113 Å². The van der Waals surface area contributed by atoms with Crippen molar-refractivity contribution < 1.29 is 43.8 Å². The van der Waals surface area contributed by atoms with Gasteiger partial charge in [0.1, 0.15) is 46.5 Å². The maximum Gasteiger partial charge on any atom is 0.239 e. The molecule has 2 aromatic carbocycles. The number of phenols is 1. The molecule has 4 N–H and O–H groups in total. The van der Waals surface area contributed by atoms with Gasteiger partial charge < -0.3 is 53.6 Å². The van der Waals surface area contributed by atoms with Crippen LogP contribution in [0, 0.1) is 0 Å². The van der Waals surface area contributed by atoms with E-state index in [0.717, 1.165) is 44.1 Å². The molecule has 0 saturated carbocycles. The van der Waals surface area contributed by atoms with E-state index in [1.54, 1.807) is 31.4 Å². The zero-order chi connectivity index (χ0) is 37.6. The summed E-state index contributed by atoms with van der Waals surface area (Å²) in [7, 11) is 1.54. The number of aliphatic hydroxyl groups excluding tert-OH is 3. The van der Waals surface area contributed by atoms with Gasteiger partial charge in [-0.2, -0.15) is 0 Å². The topological polar surface area (TPSA) is 155 Å². The fourth-order valence-electron chi connectivity index (χ4n) is 7.67. The number of aromatic hydroxyl groups is 1. The second-order valence-electron chi connectivity index (χ2n) is 14.9. The molecule has 3 aliphatic rings. The van der Waals surface area contributed by atoms with Crippen molar-refractivity contribution in [2.45, 2.75) is 109 Å². The molecule has 0 bridgehead atoms. The van der Waals surface area contributed by atoms with Crippen LogP contribution in [0.15, 0.2) is 51.2 Å². The Morgan fingerprint density at radius 1 is 0.962 bits per heavy atom. The number of piperidine rings is 2. The molecule has 0 amide bonds. The van der Waals surface area contributed by atoms with Crippen molar-refractivity contribution in [2.24, 2.45) is 0 Å². The van der Waals surface area contributed by atoms with Gasteiger partial charge >= 0.3 is 0 Å². The van der Waals surface area contributed by atoms with E-state index in [4.69, 9.17) is 23.4 Å². The molecule has 0 aliphatic carbocycles. The molecule has 53 heavy (non-hydrogen) atoms. The number of fused-ring (bicyclic) bond motifs is 1. The van der Waals surface area contributed by atoms with Crippen LogP contribution >= 0.6 is 0 Å². The molecule has 1 aromatic heterocycles. The van der Waals surface area contributed by atoms with Crippen molar-refractivity contribution in [1.29, 1.82) is 0 Å². The Balaban J connectivity index is 1.25. The Hall–Kier alpha value is -3.65. The van der Waals surface area contributed by atoms with Crippen LogP contribution in [0.5, 0.6) is 23.0 Å². The zero-order valence-corrected chi connectivity index (χ0v) is 31.5. The van der Waals surface area contributed by atoms with Crippen molar-refractivity contribution in [1.82, 2.24) is 9.80 Å². The smallest absolute Gasteiger partial charge is 0.239 e. The van der Waals surface area contributed by atoms with Gasteiger partial charge in [-0.05, 0) is 123 Å². The summed E-state index contributed by atoms with van der Waals surface area (Å²) in [6.45, 7) is 11.7. The zero-order valence-electron chi connectivity index (χ0n) is 31.5. The molecule has 3 aromatic rings. The monoisotopic (exact) mass is 736 g/mol. The van der Waals surface area contributed by atoms with Crippen LogP contribution in [0.25, 0.3) is 22.3 Å². The van der Waals surface area contributed by atoms with Gasteiger partial charge in [-0.3, -0.25) is 4.79 Å². The third-order valence-corrected chi connectivity index (χ3v) is 10.9. The number of unbranched alkanes of at least 4 members (excludes halogenated alkanes) is 1. The SMILES string of the molecule is COc1ccc(-c2oc3c(CC=C(C)C)c(OCCCCN4CCC(N5CCCCC5)CC4)cc(O)c3c(=O)c2O[C@H]2O[C@H](C)[C@@H](O)[C@H](O)[C@@H]2O)cc1. The molecule has 3 saturated heterocycles. The summed E-state index contributed by atoms with van der Waals surface area (Å²) in [5.74, 6) is 0.342. The third-order valence-electron chi connectivity index (χ3n) is 10.9. The highest BCUT2D eigenvalue weighted by Crippen LogP contribution is 2.41. The lowest BCUT2D eigenvalue weighted by molar-refractivity contribution is -0.268. The number of phenolic OH excluding ortho intramolecular Hbond substituents is 1. The first-order valence-electron chi connectivity index (χ1n) is 19.1. The van der Waals surface area contributed by atoms with E-state index in [1.165, 1.54) is 58.2 Å². The lowest BCUT2D eigenvalue weighted by Crippen LogP contribution is -2.58. The summed E-state index contributed by atoms with van der Waals surface area (Å²) < 4.78 is 29.9. The van der Waals surface area contributed by atoms with Crippen molar-refractivity contribution in [2.75, 3.05) is 46.4 Å². The minimum atomic E-state index is -1.68. The molecule has 5 atom stereocenters. The van der Waals surface area contributed by atoms with Gasteiger partial charge in [0.2, 0.25) is 17.5 Å². The minimum absolute atomic E-state index is 0.0216. The van der Waals surface area contributed by atoms with Gasteiger partial charge in [0, 0.05) is 23.2 Å². The summed E-state index contributed by atoms with van der Waals surface area (Å²) in [6, 6.07) is 8.97. The average Bonchev–Trinajstić information content (AvgIpc) is 3.17. The molecule has 12 heteroatoms. The summed E-state index contributed by atoms with van der Waals surface area (Å²) in [5, 5.41) is 42.7. The first kappa shape index (κ1) is 39.1. The van der Waals surface area contributed by atoms with Crippen molar-refractivity contribution in [3.8, 4) is 34.3 Å². The number of benzene rings is 2. The van der Waals surface area contributed by atoms with E-state index >= 15 is 0 Å². The predicted molar refractivity (Wildman–Crippen MR) is 202 cm³/mol. The maximum atomic E-state index is 14.4. The lowest BCUT2D eigenvalue weighted by Gasteiger charge is -2.40. The number of nitrogens with zero attached hydrogens (tertiary/aromatic N) is 2. The molecule has 6 rings (SSSR count). The largest absolute Gasteiger partial charge is 0.507 e. The summed E-state index contributed by atoms with van der Waals surface area (Å²) in [6.07, 6.45) is 3.62. The molecule has 12 nitrogen and oxygen atoms in total. The summed E-state index contributed by atoms with van der Waals surface area (Å²) in [4.78, 5) is 19.6.